The molecule has 0 spiro atoms. The summed E-state index contributed by atoms with van der Waals surface area (Å²) in [5, 5.41) is 2.83. The quantitative estimate of drug-likeness (QED) is 0.423. The van der Waals surface area contributed by atoms with Gasteiger partial charge in [-0.2, -0.15) is 0 Å². The van der Waals surface area contributed by atoms with Gasteiger partial charge in [0.15, 0.2) is 0 Å². The number of sulfonamides is 1. The van der Waals surface area contributed by atoms with Crippen LogP contribution in [-0.4, -0.2) is 44.3 Å². The van der Waals surface area contributed by atoms with Crippen molar-refractivity contribution in [2.75, 3.05) is 17.4 Å². The Hall–Kier alpha value is -3.65. The van der Waals surface area contributed by atoms with E-state index in [9.17, 15) is 18.0 Å². The van der Waals surface area contributed by atoms with Crippen molar-refractivity contribution < 1.29 is 18.0 Å². The highest BCUT2D eigenvalue weighted by molar-refractivity contribution is 7.92. The molecule has 8 heteroatoms. The number of carbonyl (C=O) groups is 2. The van der Waals surface area contributed by atoms with E-state index < -0.39 is 28.5 Å². The predicted molar refractivity (Wildman–Crippen MR) is 142 cm³/mol. The van der Waals surface area contributed by atoms with Crippen molar-refractivity contribution in [3.05, 3.63) is 96.1 Å². The zero-order chi connectivity index (χ0) is 26.1. The summed E-state index contributed by atoms with van der Waals surface area (Å²) in [5.74, 6) is -0.758. The van der Waals surface area contributed by atoms with Crippen molar-refractivity contribution >= 4 is 27.5 Å². The third-order valence-electron chi connectivity index (χ3n) is 5.84. The van der Waals surface area contributed by atoms with Crippen molar-refractivity contribution in [1.82, 2.24) is 10.2 Å². The first-order valence-electron chi connectivity index (χ1n) is 12.0. The van der Waals surface area contributed by atoms with Crippen LogP contribution in [0.2, 0.25) is 0 Å². The summed E-state index contributed by atoms with van der Waals surface area (Å²) in [4.78, 5) is 28.1. The number of nitrogens with one attached hydrogen (secondary N) is 1. The van der Waals surface area contributed by atoms with Crippen LogP contribution in [0.5, 0.6) is 0 Å². The molecule has 0 aromatic heterocycles. The van der Waals surface area contributed by atoms with Crippen molar-refractivity contribution in [2.24, 2.45) is 0 Å². The third-order valence-corrected chi connectivity index (χ3v) is 7.63. The molecule has 3 aromatic rings. The zero-order valence-electron chi connectivity index (χ0n) is 20.9. The Morgan fingerprint density at radius 2 is 1.47 bits per heavy atom. The van der Waals surface area contributed by atoms with Gasteiger partial charge in [0, 0.05) is 13.1 Å². The van der Waals surface area contributed by atoms with Crippen LogP contribution in [-0.2, 0) is 26.2 Å². The van der Waals surface area contributed by atoms with E-state index in [2.05, 4.69) is 5.32 Å². The van der Waals surface area contributed by atoms with E-state index >= 15 is 0 Å². The van der Waals surface area contributed by atoms with Gasteiger partial charge in [0.25, 0.3) is 10.0 Å². The minimum absolute atomic E-state index is 0.0908. The first kappa shape index (κ1) is 26.9. The number of para-hydroxylation sites is 1. The Labute approximate surface area is 213 Å². The molecule has 3 rings (SSSR count). The number of rotatable bonds is 11. The van der Waals surface area contributed by atoms with Gasteiger partial charge in [-0.15, -0.1) is 0 Å². The second-order valence-electron chi connectivity index (χ2n) is 8.63. The summed E-state index contributed by atoms with van der Waals surface area (Å²) in [5.41, 5.74) is 2.14. The smallest absolute Gasteiger partial charge is 0.264 e. The topological polar surface area (TPSA) is 86.8 Å². The Balaban J connectivity index is 1.97. The van der Waals surface area contributed by atoms with Crippen molar-refractivity contribution in [3.63, 3.8) is 0 Å². The van der Waals surface area contributed by atoms with Crippen LogP contribution in [0.1, 0.15) is 31.4 Å². The van der Waals surface area contributed by atoms with Crippen molar-refractivity contribution in [3.8, 4) is 0 Å². The second kappa shape index (κ2) is 12.4. The largest absolute Gasteiger partial charge is 0.354 e. The number of nitrogens with zero attached hydrogens (tertiary/aromatic N) is 2. The SMILES string of the molecule is CCCNC(=O)C(C)N(Cc1ccccc1)C(=O)CN(c1ccccc1)S(=O)(=O)c1ccc(C)cc1. The molecule has 3 aromatic carbocycles. The lowest BCUT2D eigenvalue weighted by Crippen LogP contribution is -2.51. The van der Waals surface area contributed by atoms with Crippen LogP contribution in [0, 0.1) is 6.92 Å². The first-order valence-corrected chi connectivity index (χ1v) is 13.4. The third kappa shape index (κ3) is 6.73. The lowest BCUT2D eigenvalue weighted by atomic mass is 10.1. The standard InChI is InChI=1S/C28H33N3O4S/c1-4-19-29-28(33)23(3)30(20-24-11-7-5-8-12-24)27(32)21-31(25-13-9-6-10-14-25)36(34,35)26-17-15-22(2)16-18-26/h5-18,23H,4,19-21H2,1-3H3,(H,29,33). The van der Waals surface area contributed by atoms with Gasteiger partial charge in [-0.05, 0) is 50.1 Å². The van der Waals surface area contributed by atoms with E-state index in [1.165, 1.54) is 17.0 Å². The number of amides is 2. The van der Waals surface area contributed by atoms with E-state index in [0.29, 0.717) is 12.2 Å². The fourth-order valence-corrected chi connectivity index (χ4v) is 5.13. The first-order chi connectivity index (χ1) is 17.2. The fourth-order valence-electron chi connectivity index (χ4n) is 3.72. The van der Waals surface area contributed by atoms with Crippen LogP contribution in [0.4, 0.5) is 5.69 Å². The highest BCUT2D eigenvalue weighted by atomic mass is 32.2. The number of aryl methyl sites for hydroxylation is 1. The van der Waals surface area contributed by atoms with Crippen LogP contribution < -0.4 is 9.62 Å². The van der Waals surface area contributed by atoms with Gasteiger partial charge < -0.3 is 10.2 Å². The van der Waals surface area contributed by atoms with Gasteiger partial charge in [-0.25, -0.2) is 8.42 Å². The Kier molecular flexibility index (Phi) is 9.25. The molecular formula is C28H33N3O4S. The van der Waals surface area contributed by atoms with E-state index in [-0.39, 0.29) is 17.3 Å². The number of anilines is 1. The van der Waals surface area contributed by atoms with E-state index in [4.69, 9.17) is 0 Å². The molecule has 0 bridgehead atoms. The van der Waals surface area contributed by atoms with Gasteiger partial charge in [0.05, 0.1) is 10.6 Å². The molecule has 1 unspecified atom stereocenters. The molecule has 0 saturated heterocycles. The van der Waals surface area contributed by atoms with Crippen LogP contribution in [0.25, 0.3) is 0 Å². The predicted octanol–water partition coefficient (Wildman–Crippen LogP) is 4.13. The van der Waals surface area contributed by atoms with E-state index in [1.807, 2.05) is 44.2 Å². The van der Waals surface area contributed by atoms with Gasteiger partial charge in [-0.1, -0.05) is 73.2 Å². The van der Waals surface area contributed by atoms with Crippen molar-refractivity contribution in [2.45, 2.75) is 44.7 Å². The highest BCUT2D eigenvalue weighted by Crippen LogP contribution is 2.24. The van der Waals surface area contributed by atoms with Gasteiger partial charge in [0.2, 0.25) is 11.8 Å². The summed E-state index contributed by atoms with van der Waals surface area (Å²) < 4.78 is 28.5. The molecule has 0 fully saturated rings. The highest BCUT2D eigenvalue weighted by Gasteiger charge is 2.32. The molecule has 2 amide bonds. The van der Waals surface area contributed by atoms with Gasteiger partial charge >= 0.3 is 0 Å². The molecule has 0 radical (unpaired) electrons. The second-order valence-corrected chi connectivity index (χ2v) is 10.5. The lowest BCUT2D eigenvalue weighted by molar-refractivity contribution is -0.139. The Morgan fingerprint density at radius 1 is 0.889 bits per heavy atom. The summed E-state index contributed by atoms with van der Waals surface area (Å²) in [6, 6.07) is 23.6. The van der Waals surface area contributed by atoms with Crippen LogP contribution >= 0.6 is 0 Å². The van der Waals surface area contributed by atoms with Gasteiger partial charge in [-0.3, -0.25) is 13.9 Å². The van der Waals surface area contributed by atoms with E-state index in [0.717, 1.165) is 21.9 Å². The number of carbonyl (C=O) groups excluding carboxylic acids is 2. The lowest BCUT2D eigenvalue weighted by Gasteiger charge is -2.32. The summed E-state index contributed by atoms with van der Waals surface area (Å²) in [6.07, 6.45) is 0.766. The minimum Gasteiger partial charge on any atom is -0.354 e. The van der Waals surface area contributed by atoms with Crippen LogP contribution in [0.15, 0.2) is 89.8 Å². The number of hydrogen-bond donors (Lipinski definition) is 1. The molecule has 190 valence electrons. The average Bonchev–Trinajstić information content (AvgIpc) is 2.89. The molecular weight excluding hydrogens is 474 g/mol. The molecule has 0 aliphatic rings. The van der Waals surface area contributed by atoms with Crippen LogP contribution in [0.3, 0.4) is 0 Å². The number of benzene rings is 3. The Bertz CT molecular complexity index is 1250. The summed E-state index contributed by atoms with van der Waals surface area (Å²) in [7, 11) is -4.05. The molecule has 0 saturated carbocycles. The normalized spacial score (nSPS) is 12.0. The maximum Gasteiger partial charge on any atom is 0.264 e. The fraction of sp³-hybridized carbons (Fsp3) is 0.286. The molecule has 1 atom stereocenters. The zero-order valence-corrected chi connectivity index (χ0v) is 21.7. The van der Waals surface area contributed by atoms with Gasteiger partial charge in [0.1, 0.15) is 12.6 Å². The van der Waals surface area contributed by atoms with E-state index in [1.54, 1.807) is 49.4 Å². The molecule has 0 aliphatic carbocycles. The average molecular weight is 508 g/mol. The summed E-state index contributed by atoms with van der Waals surface area (Å²) >= 11 is 0. The maximum absolute atomic E-state index is 13.7. The molecule has 0 heterocycles. The molecule has 36 heavy (non-hydrogen) atoms. The molecule has 0 aliphatic heterocycles. The minimum atomic E-state index is -4.05. The summed E-state index contributed by atoms with van der Waals surface area (Å²) in [6.45, 7) is 5.71. The maximum atomic E-state index is 13.7. The van der Waals surface area contributed by atoms with Crippen molar-refractivity contribution in [1.29, 1.82) is 0 Å². The molecule has 1 N–H and O–H groups in total. The number of hydrogen-bond acceptors (Lipinski definition) is 4. The monoisotopic (exact) mass is 507 g/mol. The molecule has 7 nitrogen and oxygen atoms in total. The Morgan fingerprint density at radius 3 is 2.06 bits per heavy atom.